The van der Waals surface area contributed by atoms with Crippen LogP contribution in [0.1, 0.15) is 18.9 Å². The summed E-state index contributed by atoms with van der Waals surface area (Å²) in [5.41, 5.74) is 1.19. The Bertz CT molecular complexity index is 349. The van der Waals surface area contributed by atoms with E-state index in [2.05, 4.69) is 5.16 Å². The van der Waals surface area contributed by atoms with Gasteiger partial charge in [-0.1, -0.05) is 5.16 Å². The van der Waals surface area contributed by atoms with Crippen molar-refractivity contribution in [3.05, 3.63) is 30.2 Å². The Morgan fingerprint density at radius 1 is 1.71 bits per heavy atom. The van der Waals surface area contributed by atoms with E-state index < -0.39 is 0 Å². The van der Waals surface area contributed by atoms with Gasteiger partial charge in [0.1, 0.15) is 5.78 Å². The number of nitrogens with zero attached hydrogens (tertiary/aromatic N) is 1. The first-order valence-corrected chi connectivity index (χ1v) is 4.13. The molecular weight excluding hydrogens is 182 g/mol. The first kappa shape index (κ1) is 10.2. The molecule has 0 atom stereocenters. The smallest absolute Gasteiger partial charge is 0.135 e. The minimum Gasteiger partial charge on any atom is -0.472 e. The third-order valence-electron chi connectivity index (χ3n) is 1.57. The largest absolute Gasteiger partial charge is 0.472 e. The van der Waals surface area contributed by atoms with Crippen LogP contribution < -0.4 is 0 Å². The zero-order chi connectivity index (χ0) is 10.4. The molecule has 0 fully saturated rings. The van der Waals surface area contributed by atoms with Gasteiger partial charge in [0.25, 0.3) is 0 Å². The molecule has 0 aromatic carbocycles. The van der Waals surface area contributed by atoms with E-state index in [-0.39, 0.29) is 12.2 Å². The van der Waals surface area contributed by atoms with E-state index in [1.807, 2.05) is 0 Å². The zero-order valence-electron chi connectivity index (χ0n) is 7.80. The Morgan fingerprint density at radius 2 is 2.50 bits per heavy atom. The van der Waals surface area contributed by atoms with E-state index in [1.165, 1.54) is 6.92 Å². The summed E-state index contributed by atoms with van der Waals surface area (Å²) in [5.74, 6) is -0.0466. The lowest BCUT2D eigenvalue weighted by molar-refractivity contribution is -0.115. The third kappa shape index (κ3) is 3.26. The fourth-order valence-corrected chi connectivity index (χ4v) is 0.945. The highest BCUT2D eigenvalue weighted by atomic mass is 16.4. The van der Waals surface area contributed by atoms with Gasteiger partial charge in [-0.25, -0.2) is 0 Å². The summed E-state index contributed by atoms with van der Waals surface area (Å²) < 4.78 is 4.84. The van der Waals surface area contributed by atoms with Crippen molar-refractivity contribution >= 4 is 17.6 Å². The highest BCUT2D eigenvalue weighted by molar-refractivity contribution is 6.08. The average Bonchev–Trinajstić information content (AvgIpc) is 2.64. The molecular formula is C10H11NO3. The van der Waals surface area contributed by atoms with Gasteiger partial charge in [0, 0.05) is 5.56 Å². The van der Waals surface area contributed by atoms with Gasteiger partial charge < -0.3 is 9.62 Å². The molecule has 0 radical (unpaired) electrons. The van der Waals surface area contributed by atoms with Crippen LogP contribution in [0, 0.1) is 0 Å². The van der Waals surface area contributed by atoms with Crippen LogP contribution in [0.3, 0.4) is 0 Å². The van der Waals surface area contributed by atoms with Gasteiger partial charge in [0.15, 0.2) is 0 Å². The lowest BCUT2D eigenvalue weighted by atomic mass is 10.2. The van der Waals surface area contributed by atoms with E-state index in [9.17, 15) is 4.79 Å². The third-order valence-corrected chi connectivity index (χ3v) is 1.57. The molecule has 1 heterocycles. The molecule has 0 spiro atoms. The Balaban J connectivity index is 2.62. The van der Waals surface area contributed by atoms with E-state index in [0.29, 0.717) is 5.71 Å². The molecule has 0 aliphatic rings. The molecule has 0 aliphatic heterocycles. The molecule has 4 nitrogen and oxygen atoms in total. The molecule has 0 unspecified atom stereocenters. The summed E-state index contributed by atoms with van der Waals surface area (Å²) in [5, 5.41) is 11.6. The Hall–Kier alpha value is -1.84. The van der Waals surface area contributed by atoms with E-state index >= 15 is 0 Å². The van der Waals surface area contributed by atoms with Gasteiger partial charge in [0.05, 0.1) is 24.7 Å². The van der Waals surface area contributed by atoms with Crippen molar-refractivity contribution in [3.63, 3.8) is 0 Å². The minimum absolute atomic E-state index is 0.0466. The van der Waals surface area contributed by atoms with E-state index in [1.54, 1.807) is 30.7 Å². The second-order valence-corrected chi connectivity index (χ2v) is 2.86. The Labute approximate surface area is 81.5 Å². The topological polar surface area (TPSA) is 62.8 Å². The van der Waals surface area contributed by atoms with Gasteiger partial charge in [-0.05, 0) is 25.1 Å². The summed E-state index contributed by atoms with van der Waals surface area (Å²) in [6.45, 7) is 1.44. The second-order valence-electron chi connectivity index (χ2n) is 2.86. The number of furan rings is 1. The number of allylic oxidation sites excluding steroid dienone is 1. The maximum atomic E-state index is 10.7. The van der Waals surface area contributed by atoms with Gasteiger partial charge in [-0.3, -0.25) is 4.79 Å². The summed E-state index contributed by atoms with van der Waals surface area (Å²) in [4.78, 5) is 10.7. The molecule has 0 amide bonds. The Kier molecular flexibility index (Phi) is 3.67. The van der Waals surface area contributed by atoms with Gasteiger partial charge in [-0.15, -0.1) is 0 Å². The minimum atomic E-state index is -0.0466. The van der Waals surface area contributed by atoms with Gasteiger partial charge in [0.2, 0.25) is 0 Å². The van der Waals surface area contributed by atoms with Crippen LogP contribution in [0.15, 0.2) is 34.2 Å². The zero-order valence-corrected chi connectivity index (χ0v) is 7.80. The molecule has 1 rings (SSSR count). The molecule has 0 aliphatic carbocycles. The number of ketones is 1. The standard InChI is InChI=1S/C10H11NO3/c1-8(12)6-10(11-13)3-2-9-4-5-14-7-9/h2-5,7,13H,6H2,1H3/b3-2+,11-10+. The fourth-order valence-electron chi connectivity index (χ4n) is 0.945. The predicted molar refractivity (Wildman–Crippen MR) is 52.3 cm³/mol. The lowest BCUT2D eigenvalue weighted by Crippen LogP contribution is -2.01. The van der Waals surface area contributed by atoms with Crippen molar-refractivity contribution in [2.75, 3.05) is 0 Å². The second kappa shape index (κ2) is 5.01. The lowest BCUT2D eigenvalue weighted by Gasteiger charge is -1.92. The molecule has 4 heteroatoms. The normalized spacial score (nSPS) is 12.2. The first-order valence-electron chi connectivity index (χ1n) is 4.13. The van der Waals surface area contributed by atoms with Crippen LogP contribution in [0.5, 0.6) is 0 Å². The van der Waals surface area contributed by atoms with Gasteiger partial charge >= 0.3 is 0 Å². The molecule has 0 saturated carbocycles. The summed E-state index contributed by atoms with van der Waals surface area (Å²) in [7, 11) is 0. The number of hydrogen-bond donors (Lipinski definition) is 1. The van der Waals surface area contributed by atoms with E-state index in [0.717, 1.165) is 5.56 Å². The quantitative estimate of drug-likeness (QED) is 0.452. The van der Waals surface area contributed by atoms with Crippen LogP contribution in [0.4, 0.5) is 0 Å². The average molecular weight is 193 g/mol. The fraction of sp³-hybridized carbons (Fsp3) is 0.200. The van der Waals surface area contributed by atoms with Crippen LogP contribution in [-0.2, 0) is 4.79 Å². The van der Waals surface area contributed by atoms with Crippen LogP contribution in [0.25, 0.3) is 6.08 Å². The van der Waals surface area contributed by atoms with Crippen LogP contribution in [-0.4, -0.2) is 16.7 Å². The number of rotatable bonds is 4. The van der Waals surface area contributed by atoms with Crippen molar-refractivity contribution in [2.24, 2.45) is 5.16 Å². The highest BCUT2D eigenvalue weighted by Gasteiger charge is 1.99. The van der Waals surface area contributed by atoms with E-state index in [4.69, 9.17) is 9.62 Å². The number of hydrogen-bond acceptors (Lipinski definition) is 4. The summed E-state index contributed by atoms with van der Waals surface area (Å²) >= 11 is 0. The summed E-state index contributed by atoms with van der Waals surface area (Å²) in [6, 6.07) is 1.76. The summed E-state index contributed by atoms with van der Waals surface area (Å²) in [6.07, 6.45) is 6.51. The van der Waals surface area contributed by atoms with Crippen molar-refractivity contribution in [2.45, 2.75) is 13.3 Å². The predicted octanol–water partition coefficient (Wildman–Crippen LogP) is 2.10. The number of oxime groups is 1. The monoisotopic (exact) mass is 193 g/mol. The molecule has 1 N–H and O–H groups in total. The van der Waals surface area contributed by atoms with Crippen molar-refractivity contribution in [1.29, 1.82) is 0 Å². The maximum Gasteiger partial charge on any atom is 0.135 e. The molecule has 1 aromatic rings. The first-order chi connectivity index (χ1) is 6.72. The molecule has 1 aromatic heterocycles. The Morgan fingerprint density at radius 3 is 3.00 bits per heavy atom. The number of carbonyl (C=O) groups excluding carboxylic acids is 1. The van der Waals surface area contributed by atoms with Crippen molar-refractivity contribution in [1.82, 2.24) is 0 Å². The molecule has 74 valence electrons. The van der Waals surface area contributed by atoms with Crippen LogP contribution in [0.2, 0.25) is 0 Å². The maximum absolute atomic E-state index is 10.7. The molecule has 0 bridgehead atoms. The highest BCUT2D eigenvalue weighted by Crippen LogP contribution is 2.03. The number of Topliss-reactive ketones (excluding diaryl/α,β-unsaturated/α-hetero) is 1. The molecule has 0 saturated heterocycles. The van der Waals surface area contributed by atoms with Crippen molar-refractivity contribution < 1.29 is 14.4 Å². The molecule has 14 heavy (non-hydrogen) atoms. The van der Waals surface area contributed by atoms with Gasteiger partial charge in [-0.2, -0.15) is 0 Å². The SMILES string of the molecule is CC(=O)CC(/C=C/c1ccoc1)=N/O. The van der Waals surface area contributed by atoms with Crippen molar-refractivity contribution in [3.8, 4) is 0 Å². The number of carbonyl (C=O) groups is 1. The van der Waals surface area contributed by atoms with Crippen LogP contribution >= 0.6 is 0 Å².